The Morgan fingerprint density at radius 2 is 2.11 bits per heavy atom. The Bertz CT molecular complexity index is 562. The first-order valence-electron chi connectivity index (χ1n) is 5.51. The van der Waals surface area contributed by atoms with Gasteiger partial charge < -0.3 is 5.32 Å². The summed E-state index contributed by atoms with van der Waals surface area (Å²) in [5.74, 6) is -0.0926. The lowest BCUT2D eigenvalue weighted by Crippen LogP contribution is -2.26. The number of rotatable bonds is 7. The van der Waals surface area contributed by atoms with Crippen LogP contribution in [0.2, 0.25) is 0 Å². The van der Waals surface area contributed by atoms with Gasteiger partial charge in [0.05, 0.1) is 20.8 Å². The molecule has 0 unspecified atom stereocenters. The van der Waals surface area contributed by atoms with Gasteiger partial charge in [0.25, 0.3) is 5.69 Å². The summed E-state index contributed by atoms with van der Waals surface area (Å²) in [7, 11) is -3.51. The normalized spacial score (nSPS) is 11.3. The molecule has 0 aliphatic rings. The van der Waals surface area contributed by atoms with E-state index >= 15 is 0 Å². The molecule has 0 aliphatic heterocycles. The molecule has 7 nitrogen and oxygen atoms in total. The second-order valence-electron chi connectivity index (χ2n) is 3.70. The maximum atomic E-state index is 11.7. The number of nitro groups is 1. The molecule has 0 saturated carbocycles. The molecular formula is C10H14BrN3O4S. The van der Waals surface area contributed by atoms with E-state index in [2.05, 4.69) is 26.0 Å². The minimum absolute atomic E-state index is 0.0926. The fraction of sp³-hybridized carbons (Fsp3) is 0.400. The van der Waals surface area contributed by atoms with Crippen LogP contribution >= 0.6 is 15.9 Å². The van der Waals surface area contributed by atoms with Crippen molar-refractivity contribution in [1.82, 2.24) is 5.32 Å². The third kappa shape index (κ3) is 5.13. The molecule has 0 fully saturated rings. The van der Waals surface area contributed by atoms with Crippen LogP contribution in [-0.2, 0) is 10.0 Å². The van der Waals surface area contributed by atoms with E-state index in [1.807, 2.05) is 6.92 Å². The summed E-state index contributed by atoms with van der Waals surface area (Å²) < 4.78 is 26.0. The smallest absolute Gasteiger partial charge is 0.285 e. The summed E-state index contributed by atoms with van der Waals surface area (Å²) >= 11 is 3.03. The zero-order valence-corrected chi connectivity index (χ0v) is 12.6. The fourth-order valence-corrected chi connectivity index (χ4v) is 2.72. The highest BCUT2D eigenvalue weighted by Gasteiger charge is 2.15. The molecule has 0 bridgehead atoms. The van der Waals surface area contributed by atoms with Crippen LogP contribution < -0.4 is 10.0 Å². The quantitative estimate of drug-likeness (QED) is 0.442. The fourth-order valence-electron chi connectivity index (χ4n) is 1.33. The molecule has 0 heterocycles. The minimum atomic E-state index is -3.51. The number of nitrogens with one attached hydrogen (secondary N) is 2. The van der Waals surface area contributed by atoms with Crippen molar-refractivity contribution in [3.63, 3.8) is 0 Å². The first-order valence-corrected chi connectivity index (χ1v) is 7.95. The summed E-state index contributed by atoms with van der Waals surface area (Å²) in [4.78, 5) is 10.2. The third-order valence-corrected chi connectivity index (χ3v) is 4.17. The van der Waals surface area contributed by atoms with Crippen molar-refractivity contribution in [2.24, 2.45) is 0 Å². The molecule has 1 aromatic carbocycles. The summed E-state index contributed by atoms with van der Waals surface area (Å²) in [6.07, 6.45) is 0. The zero-order valence-electron chi connectivity index (χ0n) is 10.2. The molecule has 0 aliphatic carbocycles. The molecular weight excluding hydrogens is 338 g/mol. The van der Waals surface area contributed by atoms with Crippen LogP contribution in [0, 0.1) is 10.1 Å². The maximum absolute atomic E-state index is 11.7. The number of anilines is 1. The Balaban J connectivity index is 2.82. The van der Waals surface area contributed by atoms with Crippen molar-refractivity contribution in [3.8, 4) is 0 Å². The molecule has 0 aromatic heterocycles. The van der Waals surface area contributed by atoms with E-state index in [0.29, 0.717) is 17.6 Å². The zero-order chi connectivity index (χ0) is 14.5. The average molecular weight is 352 g/mol. The van der Waals surface area contributed by atoms with Gasteiger partial charge in [0.1, 0.15) is 0 Å². The highest BCUT2D eigenvalue weighted by atomic mass is 79.9. The molecule has 9 heteroatoms. The lowest BCUT2D eigenvalue weighted by atomic mass is 10.3. The SMILES string of the molecule is CCNCCS(=O)(=O)Nc1ccc(Br)c([N+](=O)[O-])c1. The number of hydrogen-bond donors (Lipinski definition) is 2. The van der Waals surface area contributed by atoms with Crippen LogP contribution in [0.15, 0.2) is 22.7 Å². The van der Waals surface area contributed by atoms with Crippen LogP contribution in [-0.4, -0.2) is 32.2 Å². The largest absolute Gasteiger partial charge is 0.316 e. The molecule has 2 N–H and O–H groups in total. The van der Waals surface area contributed by atoms with Gasteiger partial charge in [0, 0.05) is 12.6 Å². The number of benzene rings is 1. The van der Waals surface area contributed by atoms with E-state index in [0.717, 1.165) is 0 Å². The predicted molar refractivity (Wildman–Crippen MR) is 76.7 cm³/mol. The molecule has 19 heavy (non-hydrogen) atoms. The van der Waals surface area contributed by atoms with E-state index in [1.165, 1.54) is 18.2 Å². The highest BCUT2D eigenvalue weighted by Crippen LogP contribution is 2.28. The van der Waals surface area contributed by atoms with E-state index in [9.17, 15) is 18.5 Å². The summed E-state index contributed by atoms with van der Waals surface area (Å²) in [6.45, 7) is 2.88. The maximum Gasteiger partial charge on any atom is 0.285 e. The van der Waals surface area contributed by atoms with Crippen LogP contribution in [0.25, 0.3) is 0 Å². The molecule has 106 valence electrons. The Labute approximate surface area is 119 Å². The molecule has 0 radical (unpaired) electrons. The number of nitro benzene ring substituents is 1. The molecule has 0 atom stereocenters. The van der Waals surface area contributed by atoms with Crippen molar-refractivity contribution in [2.45, 2.75) is 6.92 Å². The van der Waals surface area contributed by atoms with Gasteiger partial charge in [-0.15, -0.1) is 0 Å². The summed E-state index contributed by atoms with van der Waals surface area (Å²) in [5, 5.41) is 13.6. The standard InChI is InChI=1S/C10H14BrN3O4S/c1-2-12-5-6-19(17,18)13-8-3-4-9(11)10(7-8)14(15)16/h3-4,7,12-13H,2,5-6H2,1H3. The van der Waals surface area contributed by atoms with Crippen molar-refractivity contribution in [1.29, 1.82) is 0 Å². The van der Waals surface area contributed by atoms with Gasteiger partial charge in [0.15, 0.2) is 0 Å². The van der Waals surface area contributed by atoms with E-state index in [1.54, 1.807) is 0 Å². The van der Waals surface area contributed by atoms with Gasteiger partial charge >= 0.3 is 0 Å². The molecule has 0 amide bonds. The highest BCUT2D eigenvalue weighted by molar-refractivity contribution is 9.10. The molecule has 0 saturated heterocycles. The molecule has 1 rings (SSSR count). The van der Waals surface area contributed by atoms with Gasteiger partial charge in [-0.1, -0.05) is 6.92 Å². The van der Waals surface area contributed by atoms with Gasteiger partial charge in [-0.3, -0.25) is 14.8 Å². The Morgan fingerprint density at radius 3 is 2.68 bits per heavy atom. The second kappa shape index (κ2) is 6.83. The monoisotopic (exact) mass is 351 g/mol. The van der Waals surface area contributed by atoms with Crippen LogP contribution in [0.3, 0.4) is 0 Å². The number of sulfonamides is 1. The molecule has 1 aromatic rings. The van der Waals surface area contributed by atoms with E-state index < -0.39 is 14.9 Å². The average Bonchev–Trinajstić information content (AvgIpc) is 2.31. The predicted octanol–water partition coefficient (Wildman–Crippen LogP) is 1.71. The summed E-state index contributed by atoms with van der Waals surface area (Å²) in [5.41, 5.74) is -0.0155. The van der Waals surface area contributed by atoms with Crippen molar-refractivity contribution < 1.29 is 13.3 Å². The van der Waals surface area contributed by atoms with Crippen molar-refractivity contribution in [2.75, 3.05) is 23.6 Å². The Morgan fingerprint density at radius 1 is 1.42 bits per heavy atom. The van der Waals surface area contributed by atoms with Crippen LogP contribution in [0.1, 0.15) is 6.92 Å². The molecule has 0 spiro atoms. The van der Waals surface area contributed by atoms with Gasteiger partial charge in [-0.05, 0) is 34.6 Å². The van der Waals surface area contributed by atoms with E-state index in [-0.39, 0.29) is 17.1 Å². The Hall–Kier alpha value is -1.19. The van der Waals surface area contributed by atoms with Crippen molar-refractivity contribution in [3.05, 3.63) is 32.8 Å². The van der Waals surface area contributed by atoms with Crippen LogP contribution in [0.4, 0.5) is 11.4 Å². The van der Waals surface area contributed by atoms with Gasteiger partial charge in [-0.2, -0.15) is 0 Å². The lowest BCUT2D eigenvalue weighted by molar-refractivity contribution is -0.385. The Kier molecular flexibility index (Phi) is 5.70. The van der Waals surface area contributed by atoms with Gasteiger partial charge in [0.2, 0.25) is 10.0 Å². The van der Waals surface area contributed by atoms with E-state index in [4.69, 9.17) is 0 Å². The minimum Gasteiger partial charge on any atom is -0.316 e. The summed E-state index contributed by atoms with van der Waals surface area (Å²) in [6, 6.07) is 4.07. The number of nitrogens with zero attached hydrogens (tertiary/aromatic N) is 1. The topological polar surface area (TPSA) is 101 Å². The number of halogens is 1. The number of hydrogen-bond acceptors (Lipinski definition) is 5. The second-order valence-corrected chi connectivity index (χ2v) is 6.39. The first kappa shape index (κ1) is 15.9. The first-order chi connectivity index (χ1) is 8.85. The lowest BCUT2D eigenvalue weighted by Gasteiger charge is -2.08. The van der Waals surface area contributed by atoms with Crippen molar-refractivity contribution >= 4 is 37.3 Å². The van der Waals surface area contributed by atoms with Crippen LogP contribution in [0.5, 0.6) is 0 Å². The van der Waals surface area contributed by atoms with Gasteiger partial charge in [-0.25, -0.2) is 8.42 Å². The third-order valence-electron chi connectivity index (χ3n) is 2.21.